The van der Waals surface area contributed by atoms with Crippen molar-refractivity contribution in [2.24, 2.45) is 10.8 Å². The summed E-state index contributed by atoms with van der Waals surface area (Å²) in [7, 11) is 18.4. The molecular formula is C56H73Cl2SiZr. The molecule has 0 saturated heterocycles. The van der Waals surface area contributed by atoms with Gasteiger partial charge in [-0.3, -0.25) is 0 Å². The summed E-state index contributed by atoms with van der Waals surface area (Å²) < 4.78 is 0.217. The molecule has 4 aromatic rings. The van der Waals surface area contributed by atoms with Crippen LogP contribution < -0.4 is 0 Å². The van der Waals surface area contributed by atoms with Crippen LogP contribution in [0.4, 0.5) is 0 Å². The number of halogens is 2. The number of benzene rings is 4. The second-order valence-corrected chi connectivity index (χ2v) is 65.0. The third kappa shape index (κ3) is 7.75. The van der Waals surface area contributed by atoms with Crippen molar-refractivity contribution in [3.63, 3.8) is 0 Å². The van der Waals surface area contributed by atoms with Gasteiger partial charge in [0.2, 0.25) is 0 Å². The molecule has 2 unspecified atom stereocenters. The molecule has 0 nitrogen and oxygen atoms in total. The Kier molecular flexibility index (Phi) is 12.1. The minimum atomic E-state index is -5.08. The molecule has 0 spiro atoms. The van der Waals surface area contributed by atoms with Crippen LogP contribution in [-0.2, 0) is 26.4 Å². The molecule has 0 amide bonds. The standard InChI is InChI=1S/2C27H33.C2H7Si.2ClH.Zr/c2*1-5-14-27(15-7-16-27)19-20-17-22-8-6-9-24(25(22)18-20)21-10-12-23(13-11-21)26(2,3)4;1-3-2;;;/h2*6,8-13,17-18H,5,7,14-16,19H2,1-4H3;3H,1-2H3;2*1H;/q;;;;;+2/p-2. The van der Waals surface area contributed by atoms with E-state index in [0.717, 1.165) is 12.8 Å². The average Bonchev–Trinajstić information content (AvgIpc) is 3.75. The average molecular weight is 936 g/mol. The van der Waals surface area contributed by atoms with E-state index in [1.54, 1.807) is 11.1 Å². The second kappa shape index (κ2) is 16.2. The van der Waals surface area contributed by atoms with E-state index in [9.17, 15) is 17.0 Å². The van der Waals surface area contributed by atoms with Gasteiger partial charge in [0, 0.05) is 0 Å². The molecule has 0 radical (unpaired) electrons. The van der Waals surface area contributed by atoms with Crippen molar-refractivity contribution >= 4 is 35.1 Å². The Morgan fingerprint density at radius 1 is 0.567 bits per heavy atom. The molecule has 0 bridgehead atoms. The van der Waals surface area contributed by atoms with Crippen LogP contribution in [0.2, 0.25) is 13.1 Å². The van der Waals surface area contributed by atoms with E-state index in [1.165, 1.54) is 120 Å². The number of allylic oxidation sites excluding steroid dienone is 2. The number of rotatable bonds is 13. The molecule has 4 heteroatoms. The monoisotopic (exact) mass is 933 g/mol. The fraction of sp³-hybridized carbons (Fsp3) is 0.500. The van der Waals surface area contributed by atoms with Gasteiger partial charge < -0.3 is 0 Å². The molecule has 4 aromatic carbocycles. The summed E-state index contributed by atoms with van der Waals surface area (Å²) in [6.45, 7) is 23.7. The van der Waals surface area contributed by atoms with Crippen molar-refractivity contribution in [2.75, 3.05) is 0 Å². The first-order valence-corrected chi connectivity index (χ1v) is 40.1. The van der Waals surface area contributed by atoms with E-state index in [4.69, 9.17) is 0 Å². The van der Waals surface area contributed by atoms with Gasteiger partial charge in [0.25, 0.3) is 0 Å². The van der Waals surface area contributed by atoms with Gasteiger partial charge in [0.05, 0.1) is 0 Å². The molecule has 0 heterocycles. The second-order valence-electron chi connectivity index (χ2n) is 22.5. The van der Waals surface area contributed by atoms with Crippen molar-refractivity contribution < 1.29 is 15.6 Å². The molecule has 4 aliphatic carbocycles. The van der Waals surface area contributed by atoms with E-state index < -0.39 is 21.5 Å². The van der Waals surface area contributed by atoms with E-state index >= 15 is 0 Å². The van der Waals surface area contributed by atoms with Crippen LogP contribution in [0, 0.1) is 10.8 Å². The van der Waals surface area contributed by atoms with Gasteiger partial charge in [-0.25, -0.2) is 0 Å². The van der Waals surface area contributed by atoms with Crippen molar-refractivity contribution in [1.29, 1.82) is 0 Å². The summed E-state index contributed by atoms with van der Waals surface area (Å²) in [4.78, 5) is 0. The Morgan fingerprint density at radius 3 is 1.22 bits per heavy atom. The summed E-state index contributed by atoms with van der Waals surface area (Å²) >= 11 is -5.08. The van der Waals surface area contributed by atoms with Crippen LogP contribution in [0.15, 0.2) is 96.1 Å². The number of fused-ring (bicyclic) bond motifs is 2. The third-order valence-electron chi connectivity index (χ3n) is 16.2. The molecular weight excluding hydrogens is 863 g/mol. The van der Waals surface area contributed by atoms with Crippen LogP contribution in [0.25, 0.3) is 34.4 Å². The van der Waals surface area contributed by atoms with Crippen molar-refractivity contribution in [3.05, 3.63) is 129 Å². The molecule has 0 aliphatic heterocycles. The van der Waals surface area contributed by atoms with Crippen LogP contribution in [0.3, 0.4) is 0 Å². The summed E-state index contributed by atoms with van der Waals surface area (Å²) in [5.74, 6) is -1.74. The van der Waals surface area contributed by atoms with E-state index in [-0.39, 0.29) is 18.1 Å². The number of hydrogen-bond donors (Lipinski definition) is 0. The van der Waals surface area contributed by atoms with Gasteiger partial charge in [-0.2, -0.15) is 0 Å². The summed E-state index contributed by atoms with van der Waals surface area (Å²) in [5.41, 5.74) is 17.7. The zero-order valence-electron chi connectivity index (χ0n) is 38.7. The van der Waals surface area contributed by atoms with Gasteiger partial charge in [-0.05, 0) is 0 Å². The minimum absolute atomic E-state index is 0.108. The quantitative estimate of drug-likeness (QED) is 0.117. The molecule has 0 N–H and O–H groups in total. The Balaban J connectivity index is 1.34. The molecule has 60 heavy (non-hydrogen) atoms. The molecule has 2 saturated carbocycles. The summed E-state index contributed by atoms with van der Waals surface area (Å²) in [6, 6.07) is 33.1. The van der Waals surface area contributed by atoms with Gasteiger partial charge in [0.15, 0.2) is 0 Å². The molecule has 319 valence electrons. The van der Waals surface area contributed by atoms with Gasteiger partial charge in [-0.15, -0.1) is 0 Å². The Hall–Kier alpha value is -1.96. The zero-order valence-corrected chi connectivity index (χ0v) is 43.8. The fourth-order valence-corrected chi connectivity index (χ4v) is 43.8. The summed E-state index contributed by atoms with van der Waals surface area (Å²) in [5, 5.41) is 0. The van der Waals surface area contributed by atoms with Crippen LogP contribution in [-0.4, -0.2) is 5.92 Å². The predicted octanol–water partition coefficient (Wildman–Crippen LogP) is 17.9. The van der Waals surface area contributed by atoms with Gasteiger partial charge in [0.1, 0.15) is 0 Å². The van der Waals surface area contributed by atoms with Crippen molar-refractivity contribution in [1.82, 2.24) is 0 Å². The zero-order chi connectivity index (χ0) is 42.9. The first kappa shape index (κ1) is 44.6. The van der Waals surface area contributed by atoms with Gasteiger partial charge in [-0.1, -0.05) is 0 Å². The summed E-state index contributed by atoms with van der Waals surface area (Å²) in [6.07, 6.45) is 20.6. The van der Waals surface area contributed by atoms with Crippen LogP contribution in [0.1, 0.15) is 173 Å². The van der Waals surface area contributed by atoms with Gasteiger partial charge >= 0.3 is 377 Å². The fourth-order valence-electron chi connectivity index (χ4n) is 12.5. The first-order valence-electron chi connectivity index (χ1n) is 23.8. The maximum atomic E-state index is 9.22. The Morgan fingerprint density at radius 2 is 0.933 bits per heavy atom. The first-order chi connectivity index (χ1) is 28.3. The van der Waals surface area contributed by atoms with Crippen molar-refractivity contribution in [2.45, 2.75) is 164 Å². The normalized spacial score (nSPS) is 21.3. The van der Waals surface area contributed by atoms with Crippen LogP contribution >= 0.6 is 17.0 Å². The SMILES string of the molecule is CCCC1(CC2=Cc3c(-c4ccc(C(C)(C)C)cc4)cccc3[CH]2[Zr]([Cl])([Cl])([CH]2C(CC3(CCC)CCC3)=Cc3c(-c4ccc(C(C)(C)C)cc4)cccc32)[SiH](C)C)CCC1. The Bertz CT molecular complexity index is 2130. The molecule has 0 aromatic heterocycles. The topological polar surface area (TPSA) is 0 Å². The predicted molar refractivity (Wildman–Crippen MR) is 265 cm³/mol. The Labute approximate surface area is 373 Å². The molecule has 4 aliphatic rings. The molecule has 2 atom stereocenters. The third-order valence-corrected chi connectivity index (χ3v) is 68.0. The molecule has 8 rings (SSSR count). The van der Waals surface area contributed by atoms with Crippen molar-refractivity contribution in [3.8, 4) is 22.3 Å². The van der Waals surface area contributed by atoms with E-state index in [0.29, 0.717) is 10.8 Å². The van der Waals surface area contributed by atoms with E-state index in [2.05, 4.69) is 166 Å². The van der Waals surface area contributed by atoms with Crippen LogP contribution in [0.5, 0.6) is 0 Å². The number of hydrogen-bond acceptors (Lipinski definition) is 0. The maximum absolute atomic E-state index is 9.22. The molecule has 2 fully saturated rings. The van der Waals surface area contributed by atoms with E-state index in [1.807, 2.05) is 0 Å².